The van der Waals surface area contributed by atoms with E-state index in [9.17, 15) is 4.79 Å². The Bertz CT molecular complexity index is 675. The standard InChI is InChI=1S/C23H37N5O/c1-2-24-23(25-13-8-16-28-15-7-3-4-11-22(28)29)26-14-18-27-17-12-20-9-5-6-10-21(20)19-27/h5-6,9-10H,2-4,7-8,11-19H2,1H3,(H2,24,25,26). The summed E-state index contributed by atoms with van der Waals surface area (Å²) in [5.41, 5.74) is 2.96. The van der Waals surface area contributed by atoms with Gasteiger partial charge < -0.3 is 15.5 Å². The molecule has 6 nitrogen and oxygen atoms in total. The predicted molar refractivity (Wildman–Crippen MR) is 119 cm³/mol. The van der Waals surface area contributed by atoms with E-state index in [1.807, 2.05) is 4.90 Å². The molecule has 160 valence electrons. The number of nitrogens with zero attached hydrogens (tertiary/aromatic N) is 3. The number of carbonyl (C=O) groups is 1. The third kappa shape index (κ3) is 7.03. The number of aliphatic imine (C=N–C) groups is 1. The van der Waals surface area contributed by atoms with Crippen LogP contribution in [0.2, 0.25) is 0 Å². The summed E-state index contributed by atoms with van der Waals surface area (Å²) in [7, 11) is 0. The van der Waals surface area contributed by atoms with Gasteiger partial charge in [-0.25, -0.2) is 0 Å². The molecule has 0 bridgehead atoms. The van der Waals surface area contributed by atoms with Crippen LogP contribution in [0.5, 0.6) is 0 Å². The summed E-state index contributed by atoms with van der Waals surface area (Å²) in [4.78, 5) is 21.3. The number of hydrogen-bond donors (Lipinski definition) is 2. The molecule has 1 amide bonds. The van der Waals surface area contributed by atoms with E-state index in [1.165, 1.54) is 17.5 Å². The van der Waals surface area contributed by atoms with Gasteiger partial charge in [0.1, 0.15) is 0 Å². The highest BCUT2D eigenvalue weighted by Crippen LogP contribution is 2.17. The van der Waals surface area contributed by atoms with Crippen LogP contribution in [-0.2, 0) is 17.8 Å². The van der Waals surface area contributed by atoms with E-state index < -0.39 is 0 Å². The molecule has 1 aromatic rings. The fraction of sp³-hybridized carbons (Fsp3) is 0.652. The zero-order chi connectivity index (χ0) is 20.3. The molecule has 1 fully saturated rings. The maximum Gasteiger partial charge on any atom is 0.222 e. The molecule has 0 spiro atoms. The molecule has 0 aromatic heterocycles. The second-order valence-corrected chi connectivity index (χ2v) is 8.03. The van der Waals surface area contributed by atoms with Crippen LogP contribution in [0, 0.1) is 0 Å². The van der Waals surface area contributed by atoms with Gasteiger partial charge in [-0.1, -0.05) is 30.7 Å². The molecule has 6 heteroatoms. The van der Waals surface area contributed by atoms with Crippen molar-refractivity contribution in [2.75, 3.05) is 45.8 Å². The summed E-state index contributed by atoms with van der Waals surface area (Å²) in [6, 6.07) is 8.77. The van der Waals surface area contributed by atoms with Crippen LogP contribution in [0.1, 0.15) is 50.2 Å². The van der Waals surface area contributed by atoms with Crippen molar-refractivity contribution >= 4 is 11.9 Å². The molecule has 2 heterocycles. The minimum absolute atomic E-state index is 0.319. The average Bonchev–Trinajstić information content (AvgIpc) is 2.95. The first-order valence-corrected chi connectivity index (χ1v) is 11.4. The van der Waals surface area contributed by atoms with E-state index in [4.69, 9.17) is 4.99 Å². The van der Waals surface area contributed by atoms with Crippen molar-refractivity contribution in [3.05, 3.63) is 35.4 Å². The Morgan fingerprint density at radius 2 is 1.90 bits per heavy atom. The molecule has 0 unspecified atom stereocenters. The Balaban J connectivity index is 1.37. The van der Waals surface area contributed by atoms with Gasteiger partial charge in [-0.2, -0.15) is 0 Å². The number of hydrogen-bond acceptors (Lipinski definition) is 3. The summed E-state index contributed by atoms with van der Waals surface area (Å²) >= 11 is 0. The van der Waals surface area contributed by atoms with Crippen molar-refractivity contribution in [1.82, 2.24) is 20.4 Å². The summed E-state index contributed by atoms with van der Waals surface area (Å²) in [5, 5.41) is 6.80. The van der Waals surface area contributed by atoms with Gasteiger partial charge in [-0.05, 0) is 43.7 Å². The fourth-order valence-corrected chi connectivity index (χ4v) is 4.15. The van der Waals surface area contributed by atoms with Crippen LogP contribution >= 0.6 is 0 Å². The first kappa shape index (κ1) is 21.6. The summed E-state index contributed by atoms with van der Waals surface area (Å²) in [6.07, 6.45) is 6.14. The Kier molecular flexibility index (Phi) is 8.81. The van der Waals surface area contributed by atoms with Gasteiger partial charge in [0.2, 0.25) is 5.91 Å². The maximum atomic E-state index is 12.1. The molecule has 3 rings (SSSR count). The molecule has 2 aliphatic heterocycles. The highest BCUT2D eigenvalue weighted by molar-refractivity contribution is 5.79. The van der Waals surface area contributed by atoms with Crippen LogP contribution in [0.15, 0.2) is 29.3 Å². The van der Waals surface area contributed by atoms with Crippen molar-refractivity contribution in [2.45, 2.75) is 52.0 Å². The Hall–Kier alpha value is -2.08. The van der Waals surface area contributed by atoms with Crippen molar-refractivity contribution < 1.29 is 4.79 Å². The normalized spacial score (nSPS) is 18.3. The minimum Gasteiger partial charge on any atom is -0.357 e. The first-order chi connectivity index (χ1) is 14.3. The molecule has 2 aliphatic rings. The number of fused-ring (bicyclic) bond motifs is 1. The smallest absolute Gasteiger partial charge is 0.222 e. The Labute approximate surface area is 175 Å². The van der Waals surface area contributed by atoms with Crippen molar-refractivity contribution in [1.29, 1.82) is 0 Å². The molecule has 29 heavy (non-hydrogen) atoms. The number of rotatable bonds is 8. The third-order valence-corrected chi connectivity index (χ3v) is 5.80. The quantitative estimate of drug-likeness (QED) is 0.400. The molecule has 0 atom stereocenters. The number of guanidine groups is 1. The summed E-state index contributed by atoms with van der Waals surface area (Å²) < 4.78 is 0. The zero-order valence-electron chi connectivity index (χ0n) is 18.0. The van der Waals surface area contributed by atoms with Gasteiger partial charge in [-0.15, -0.1) is 0 Å². The number of nitrogens with one attached hydrogen (secondary N) is 2. The molecule has 2 N–H and O–H groups in total. The van der Waals surface area contributed by atoms with Crippen LogP contribution in [0.3, 0.4) is 0 Å². The topological polar surface area (TPSA) is 60.0 Å². The van der Waals surface area contributed by atoms with E-state index in [2.05, 4.69) is 46.7 Å². The second-order valence-electron chi connectivity index (χ2n) is 8.03. The SMILES string of the molecule is CCNC(=NCCCN1CCCCCC1=O)NCCN1CCc2ccccc2C1. The van der Waals surface area contributed by atoms with Crippen molar-refractivity contribution in [2.24, 2.45) is 4.99 Å². The highest BCUT2D eigenvalue weighted by atomic mass is 16.2. The highest BCUT2D eigenvalue weighted by Gasteiger charge is 2.16. The molecule has 1 aromatic carbocycles. The molecule has 0 radical (unpaired) electrons. The number of likely N-dealkylation sites (tertiary alicyclic amines) is 1. The lowest BCUT2D eigenvalue weighted by Crippen LogP contribution is -2.42. The number of carbonyl (C=O) groups excluding carboxylic acids is 1. The monoisotopic (exact) mass is 399 g/mol. The van der Waals surface area contributed by atoms with Crippen LogP contribution in [0.4, 0.5) is 0 Å². The van der Waals surface area contributed by atoms with Gasteiger partial charge in [0.05, 0.1) is 0 Å². The lowest BCUT2D eigenvalue weighted by molar-refractivity contribution is -0.130. The lowest BCUT2D eigenvalue weighted by Gasteiger charge is -2.28. The molecule has 0 saturated carbocycles. The van der Waals surface area contributed by atoms with Crippen LogP contribution in [-0.4, -0.2) is 67.5 Å². The van der Waals surface area contributed by atoms with Crippen LogP contribution in [0.25, 0.3) is 0 Å². The van der Waals surface area contributed by atoms with Gasteiger partial charge in [-0.3, -0.25) is 14.7 Å². The van der Waals surface area contributed by atoms with Crippen molar-refractivity contribution in [3.63, 3.8) is 0 Å². The maximum absolute atomic E-state index is 12.1. The van der Waals surface area contributed by atoms with Crippen molar-refractivity contribution in [3.8, 4) is 0 Å². The van der Waals surface area contributed by atoms with E-state index in [0.29, 0.717) is 12.3 Å². The molecule has 0 aliphatic carbocycles. The van der Waals surface area contributed by atoms with Gasteiger partial charge in [0.25, 0.3) is 0 Å². The van der Waals surface area contributed by atoms with E-state index >= 15 is 0 Å². The second kappa shape index (κ2) is 11.8. The zero-order valence-corrected chi connectivity index (χ0v) is 18.0. The Morgan fingerprint density at radius 3 is 2.76 bits per heavy atom. The first-order valence-electron chi connectivity index (χ1n) is 11.4. The van der Waals surface area contributed by atoms with E-state index in [1.54, 1.807) is 0 Å². The van der Waals surface area contributed by atoms with Gasteiger partial charge >= 0.3 is 0 Å². The summed E-state index contributed by atoms with van der Waals surface area (Å²) in [5.74, 6) is 1.20. The number of amides is 1. The summed E-state index contributed by atoms with van der Waals surface area (Å²) in [6.45, 7) is 9.50. The third-order valence-electron chi connectivity index (χ3n) is 5.80. The van der Waals surface area contributed by atoms with Gasteiger partial charge in [0, 0.05) is 58.8 Å². The number of benzene rings is 1. The average molecular weight is 400 g/mol. The van der Waals surface area contributed by atoms with Crippen LogP contribution < -0.4 is 10.6 Å². The predicted octanol–water partition coefficient (Wildman–Crippen LogP) is 2.39. The lowest BCUT2D eigenvalue weighted by atomic mass is 10.00. The van der Waals surface area contributed by atoms with E-state index in [0.717, 1.165) is 84.0 Å². The Morgan fingerprint density at radius 1 is 1.03 bits per heavy atom. The largest absolute Gasteiger partial charge is 0.357 e. The molecule has 1 saturated heterocycles. The van der Waals surface area contributed by atoms with E-state index in [-0.39, 0.29) is 0 Å². The molecular formula is C23H37N5O. The minimum atomic E-state index is 0.319. The van der Waals surface area contributed by atoms with Gasteiger partial charge in [0.15, 0.2) is 5.96 Å². The molecular weight excluding hydrogens is 362 g/mol. The fourth-order valence-electron chi connectivity index (χ4n) is 4.15.